The summed E-state index contributed by atoms with van der Waals surface area (Å²) in [5, 5.41) is 4.21. The number of nitrogens with zero attached hydrogens (tertiary/aromatic N) is 2. The number of ether oxygens (including phenoxy) is 1. The summed E-state index contributed by atoms with van der Waals surface area (Å²) >= 11 is 0. The van der Waals surface area contributed by atoms with Gasteiger partial charge in [-0.15, -0.1) is 0 Å². The second-order valence-corrected chi connectivity index (χ2v) is 8.65. The maximum absolute atomic E-state index is 13.1. The van der Waals surface area contributed by atoms with Crippen LogP contribution >= 0.6 is 0 Å². The second-order valence-electron chi connectivity index (χ2n) is 6.93. The second kappa shape index (κ2) is 7.67. The van der Waals surface area contributed by atoms with E-state index in [0.29, 0.717) is 39.0 Å². The summed E-state index contributed by atoms with van der Waals surface area (Å²) in [5.41, 5.74) is 1.87. The summed E-state index contributed by atoms with van der Waals surface area (Å²) in [6.45, 7) is 3.80. The lowest BCUT2D eigenvalue weighted by Gasteiger charge is -2.27. The normalized spacial score (nSPS) is 21.1. The minimum atomic E-state index is -3.70. The Hall–Kier alpha value is -1.81. The zero-order chi connectivity index (χ0) is 18.9. The van der Waals surface area contributed by atoms with Crippen LogP contribution in [0, 0.1) is 5.82 Å². The van der Waals surface area contributed by atoms with Crippen LogP contribution in [0.4, 0.5) is 4.39 Å². The number of morpholine rings is 1. The van der Waals surface area contributed by atoms with E-state index in [1.165, 1.54) is 12.1 Å². The van der Waals surface area contributed by atoms with Gasteiger partial charge in [0.1, 0.15) is 17.3 Å². The van der Waals surface area contributed by atoms with Gasteiger partial charge >= 0.3 is 0 Å². The highest BCUT2D eigenvalue weighted by Gasteiger charge is 2.29. The van der Waals surface area contributed by atoms with Crippen molar-refractivity contribution in [2.45, 2.75) is 36.7 Å². The summed E-state index contributed by atoms with van der Waals surface area (Å²) in [4.78, 5) is 2.32. The number of hydrogen-bond acceptors (Lipinski definition) is 6. The van der Waals surface area contributed by atoms with Gasteiger partial charge in [0.05, 0.1) is 18.1 Å². The third-order valence-corrected chi connectivity index (χ3v) is 6.58. The van der Waals surface area contributed by atoms with Crippen molar-refractivity contribution in [3.63, 3.8) is 0 Å². The zero-order valence-electron chi connectivity index (χ0n) is 14.9. The molecule has 2 aliphatic rings. The van der Waals surface area contributed by atoms with Gasteiger partial charge in [-0.2, -0.15) is 0 Å². The first-order valence-corrected chi connectivity index (χ1v) is 10.5. The van der Waals surface area contributed by atoms with Gasteiger partial charge in [-0.05, 0) is 37.1 Å². The van der Waals surface area contributed by atoms with Gasteiger partial charge in [0.25, 0.3) is 0 Å². The molecule has 7 nitrogen and oxygen atoms in total. The lowest BCUT2D eigenvalue weighted by Crippen LogP contribution is -2.39. The SMILES string of the molecule is O=S(=O)(NC1CCc2onc(CN3CCOCC3)c2C1)c1ccc(F)cc1. The van der Waals surface area contributed by atoms with E-state index in [1.54, 1.807) is 0 Å². The number of fused-ring (bicyclic) bond motifs is 1. The first kappa shape index (κ1) is 18.5. The van der Waals surface area contributed by atoms with Crippen LogP contribution in [-0.2, 0) is 34.1 Å². The average molecular weight is 395 g/mol. The molecule has 1 aromatic carbocycles. The van der Waals surface area contributed by atoms with E-state index in [9.17, 15) is 12.8 Å². The molecule has 1 saturated heterocycles. The van der Waals surface area contributed by atoms with Gasteiger partial charge in [-0.1, -0.05) is 5.16 Å². The van der Waals surface area contributed by atoms with Crippen molar-refractivity contribution in [1.29, 1.82) is 0 Å². The molecule has 1 atom stereocenters. The molecule has 4 rings (SSSR count). The minimum absolute atomic E-state index is 0.0635. The van der Waals surface area contributed by atoms with Gasteiger partial charge in [-0.25, -0.2) is 17.5 Å². The number of rotatable bonds is 5. The number of aryl methyl sites for hydroxylation is 1. The van der Waals surface area contributed by atoms with E-state index < -0.39 is 15.8 Å². The smallest absolute Gasteiger partial charge is 0.240 e. The fourth-order valence-corrected chi connectivity index (χ4v) is 4.83. The molecule has 27 heavy (non-hydrogen) atoms. The summed E-state index contributed by atoms with van der Waals surface area (Å²) in [7, 11) is -3.70. The molecule has 0 bridgehead atoms. The maximum Gasteiger partial charge on any atom is 0.240 e. The van der Waals surface area contributed by atoms with Crippen LogP contribution in [0.5, 0.6) is 0 Å². The number of benzene rings is 1. The molecule has 146 valence electrons. The van der Waals surface area contributed by atoms with Crippen molar-refractivity contribution < 1.29 is 22.1 Å². The first-order valence-electron chi connectivity index (χ1n) is 9.05. The van der Waals surface area contributed by atoms with E-state index >= 15 is 0 Å². The fraction of sp³-hybridized carbons (Fsp3) is 0.500. The predicted octanol–water partition coefficient (Wildman–Crippen LogP) is 1.48. The molecular weight excluding hydrogens is 373 g/mol. The standard InChI is InChI=1S/C18H22FN3O4S/c19-13-1-4-15(5-2-13)27(23,24)21-14-3-6-18-16(11-14)17(20-26-18)12-22-7-9-25-10-8-22/h1-2,4-5,14,21H,3,6-12H2. The topological polar surface area (TPSA) is 84.7 Å². The van der Waals surface area contributed by atoms with Crippen LogP contribution in [0.3, 0.4) is 0 Å². The zero-order valence-corrected chi connectivity index (χ0v) is 15.7. The maximum atomic E-state index is 13.1. The van der Waals surface area contributed by atoms with Crippen LogP contribution < -0.4 is 4.72 Å². The molecule has 0 saturated carbocycles. The molecule has 0 amide bonds. The quantitative estimate of drug-likeness (QED) is 0.826. The highest BCUT2D eigenvalue weighted by atomic mass is 32.2. The van der Waals surface area contributed by atoms with E-state index in [0.717, 1.165) is 42.2 Å². The molecule has 9 heteroatoms. The van der Waals surface area contributed by atoms with Crippen molar-refractivity contribution in [1.82, 2.24) is 14.8 Å². The predicted molar refractivity (Wildman–Crippen MR) is 95.1 cm³/mol. The summed E-state index contributed by atoms with van der Waals surface area (Å²) in [5.74, 6) is 0.379. The summed E-state index contributed by atoms with van der Waals surface area (Å²) in [6.07, 6.45) is 1.82. The Balaban J connectivity index is 1.46. The summed E-state index contributed by atoms with van der Waals surface area (Å²) < 4.78 is 51.8. The third kappa shape index (κ3) is 4.21. The highest BCUT2D eigenvalue weighted by Crippen LogP contribution is 2.26. The van der Waals surface area contributed by atoms with Crippen molar-refractivity contribution in [2.75, 3.05) is 26.3 Å². The Labute approximate surface area is 157 Å². The Morgan fingerprint density at radius 2 is 1.96 bits per heavy atom. The number of halogens is 1. The van der Waals surface area contributed by atoms with Gasteiger partial charge in [0.2, 0.25) is 10.0 Å². The van der Waals surface area contributed by atoms with E-state index in [2.05, 4.69) is 14.8 Å². The van der Waals surface area contributed by atoms with Gasteiger partial charge < -0.3 is 9.26 Å². The molecule has 1 aliphatic carbocycles. The molecule has 1 aromatic heterocycles. The van der Waals surface area contributed by atoms with E-state index in [-0.39, 0.29) is 10.9 Å². The van der Waals surface area contributed by atoms with Gasteiger partial charge in [0, 0.05) is 37.7 Å². The van der Waals surface area contributed by atoms with Crippen molar-refractivity contribution >= 4 is 10.0 Å². The van der Waals surface area contributed by atoms with Crippen molar-refractivity contribution in [3.05, 3.63) is 47.1 Å². The number of sulfonamides is 1. The van der Waals surface area contributed by atoms with Crippen LogP contribution in [0.15, 0.2) is 33.7 Å². The number of nitrogens with one attached hydrogen (secondary N) is 1. The lowest BCUT2D eigenvalue weighted by molar-refractivity contribution is 0.0331. The third-order valence-electron chi connectivity index (χ3n) is 5.04. The van der Waals surface area contributed by atoms with E-state index in [1.807, 2.05) is 0 Å². The van der Waals surface area contributed by atoms with Crippen LogP contribution in [0.25, 0.3) is 0 Å². The first-order chi connectivity index (χ1) is 13.0. The van der Waals surface area contributed by atoms with E-state index in [4.69, 9.17) is 9.26 Å². The molecule has 1 aliphatic heterocycles. The Morgan fingerprint density at radius 3 is 2.70 bits per heavy atom. The molecular formula is C18H22FN3O4S. The van der Waals surface area contributed by atoms with Gasteiger partial charge in [-0.3, -0.25) is 4.90 Å². The van der Waals surface area contributed by atoms with Gasteiger partial charge in [0.15, 0.2) is 0 Å². The van der Waals surface area contributed by atoms with Crippen LogP contribution in [0.1, 0.15) is 23.4 Å². The molecule has 2 aromatic rings. The van der Waals surface area contributed by atoms with Crippen LogP contribution in [0.2, 0.25) is 0 Å². The largest absolute Gasteiger partial charge is 0.379 e. The van der Waals surface area contributed by atoms with Crippen molar-refractivity contribution in [2.24, 2.45) is 0 Å². The molecule has 0 spiro atoms. The Bertz CT molecular complexity index is 892. The number of hydrogen-bond donors (Lipinski definition) is 1. The minimum Gasteiger partial charge on any atom is -0.379 e. The van der Waals surface area contributed by atoms with Crippen LogP contribution in [-0.4, -0.2) is 50.8 Å². The highest BCUT2D eigenvalue weighted by molar-refractivity contribution is 7.89. The molecule has 2 heterocycles. The fourth-order valence-electron chi connectivity index (χ4n) is 3.56. The molecule has 1 fully saturated rings. The molecule has 1 N–H and O–H groups in total. The Kier molecular flexibility index (Phi) is 5.27. The summed E-state index contributed by atoms with van der Waals surface area (Å²) in [6, 6.07) is 4.60. The monoisotopic (exact) mass is 395 g/mol. The molecule has 1 unspecified atom stereocenters. The number of aromatic nitrogens is 1. The lowest BCUT2D eigenvalue weighted by atomic mass is 9.92. The van der Waals surface area contributed by atoms with Crippen molar-refractivity contribution in [3.8, 4) is 0 Å². The molecule has 0 radical (unpaired) electrons. The average Bonchev–Trinajstić information content (AvgIpc) is 3.05. The Morgan fingerprint density at radius 1 is 1.22 bits per heavy atom.